The molecule has 0 bridgehead atoms. The lowest BCUT2D eigenvalue weighted by Gasteiger charge is -2.08. The Bertz CT molecular complexity index is 601. The summed E-state index contributed by atoms with van der Waals surface area (Å²) in [6.45, 7) is 3.95. The van der Waals surface area contributed by atoms with Crippen LogP contribution >= 0.6 is 0 Å². The van der Waals surface area contributed by atoms with Crippen molar-refractivity contribution in [3.05, 3.63) is 47.2 Å². The van der Waals surface area contributed by atoms with E-state index in [4.69, 9.17) is 5.73 Å². The van der Waals surface area contributed by atoms with Crippen LogP contribution < -0.4 is 5.73 Å². The molecule has 0 aliphatic carbocycles. The van der Waals surface area contributed by atoms with Gasteiger partial charge < -0.3 is 10.8 Å². The van der Waals surface area contributed by atoms with Crippen LogP contribution in [0.2, 0.25) is 0 Å². The molecule has 0 amide bonds. The van der Waals surface area contributed by atoms with Crippen LogP contribution in [0.1, 0.15) is 21.5 Å². The minimum atomic E-state index is -1.00. The zero-order valence-electron chi connectivity index (χ0n) is 10.3. The number of nitrogens with two attached hydrogens (primary N) is 1. The summed E-state index contributed by atoms with van der Waals surface area (Å²) in [4.78, 5) is 15.2. The molecule has 4 nitrogen and oxygen atoms in total. The van der Waals surface area contributed by atoms with E-state index in [0.717, 1.165) is 16.7 Å². The molecule has 1 heterocycles. The molecule has 2 rings (SSSR count). The molecule has 0 radical (unpaired) electrons. The number of aromatic nitrogens is 1. The molecule has 3 N–H and O–H groups in total. The van der Waals surface area contributed by atoms with Gasteiger partial charge in [0.2, 0.25) is 0 Å². The molecule has 2 aromatic rings. The third kappa shape index (κ3) is 2.32. The zero-order chi connectivity index (χ0) is 13.3. The van der Waals surface area contributed by atoms with E-state index in [2.05, 4.69) is 4.98 Å². The fourth-order valence-electron chi connectivity index (χ4n) is 2.01. The van der Waals surface area contributed by atoms with Gasteiger partial charge in [-0.05, 0) is 25.5 Å². The van der Waals surface area contributed by atoms with E-state index in [1.807, 2.05) is 32.0 Å². The van der Waals surface area contributed by atoms with E-state index in [1.165, 1.54) is 12.3 Å². The number of carboxylic acids is 1. The summed E-state index contributed by atoms with van der Waals surface area (Å²) >= 11 is 0. The second kappa shape index (κ2) is 4.49. The topological polar surface area (TPSA) is 76.2 Å². The largest absolute Gasteiger partial charge is 0.478 e. The third-order valence-electron chi connectivity index (χ3n) is 2.69. The average molecular weight is 242 g/mol. The number of carbonyl (C=O) groups is 1. The quantitative estimate of drug-likeness (QED) is 0.848. The van der Waals surface area contributed by atoms with Crippen molar-refractivity contribution < 1.29 is 9.90 Å². The number of hydrogen-bond donors (Lipinski definition) is 2. The molecule has 0 unspecified atom stereocenters. The highest BCUT2D eigenvalue weighted by molar-refractivity contribution is 5.96. The average Bonchev–Trinajstić information content (AvgIpc) is 2.27. The molecule has 0 fully saturated rings. The van der Waals surface area contributed by atoms with Crippen molar-refractivity contribution in [3.63, 3.8) is 0 Å². The maximum atomic E-state index is 11.2. The molecule has 0 aliphatic rings. The van der Waals surface area contributed by atoms with E-state index in [9.17, 15) is 9.90 Å². The molecule has 92 valence electrons. The van der Waals surface area contributed by atoms with Crippen molar-refractivity contribution in [1.82, 2.24) is 4.98 Å². The van der Waals surface area contributed by atoms with Gasteiger partial charge in [-0.1, -0.05) is 29.3 Å². The first-order valence-electron chi connectivity index (χ1n) is 5.55. The Labute approximate surface area is 105 Å². The second-order valence-electron chi connectivity index (χ2n) is 4.34. The Morgan fingerprint density at radius 2 is 1.78 bits per heavy atom. The van der Waals surface area contributed by atoms with Gasteiger partial charge in [0.1, 0.15) is 5.82 Å². The van der Waals surface area contributed by atoms with Crippen LogP contribution in [0.15, 0.2) is 30.5 Å². The molecular weight excluding hydrogens is 228 g/mol. The maximum Gasteiger partial charge on any atom is 0.336 e. The number of pyridine rings is 1. The molecule has 4 heteroatoms. The lowest BCUT2D eigenvalue weighted by atomic mass is 9.98. The van der Waals surface area contributed by atoms with E-state index in [0.29, 0.717) is 5.56 Å². The first-order chi connectivity index (χ1) is 8.47. The van der Waals surface area contributed by atoms with Gasteiger partial charge in [0.15, 0.2) is 0 Å². The zero-order valence-corrected chi connectivity index (χ0v) is 10.3. The highest BCUT2D eigenvalue weighted by atomic mass is 16.4. The van der Waals surface area contributed by atoms with Crippen LogP contribution in [0, 0.1) is 13.8 Å². The van der Waals surface area contributed by atoms with Crippen molar-refractivity contribution in [2.45, 2.75) is 13.8 Å². The molecular formula is C14H14N2O2. The summed E-state index contributed by atoms with van der Waals surface area (Å²) in [6, 6.07) is 7.29. The number of anilines is 1. The molecule has 0 saturated heterocycles. The predicted molar refractivity (Wildman–Crippen MR) is 70.5 cm³/mol. The first kappa shape index (κ1) is 12.1. The number of nitrogens with zero attached hydrogens (tertiary/aromatic N) is 1. The van der Waals surface area contributed by atoms with Crippen molar-refractivity contribution >= 4 is 11.8 Å². The molecule has 0 spiro atoms. The van der Waals surface area contributed by atoms with Crippen LogP contribution in [0.4, 0.5) is 5.82 Å². The predicted octanol–water partition coefficient (Wildman–Crippen LogP) is 2.65. The standard InChI is InChI=1S/C14H14N2O2/c1-8-3-9(2)5-10(4-8)12-7-16-13(15)6-11(12)14(17)18/h3-7H,1-2H3,(H2,15,16)(H,17,18). The van der Waals surface area contributed by atoms with Crippen LogP contribution in [-0.2, 0) is 0 Å². The molecule has 0 aliphatic heterocycles. The number of hydrogen-bond acceptors (Lipinski definition) is 3. The Kier molecular flexibility index (Phi) is 3.02. The van der Waals surface area contributed by atoms with Crippen LogP contribution in [0.25, 0.3) is 11.1 Å². The summed E-state index contributed by atoms with van der Waals surface area (Å²) < 4.78 is 0. The molecule has 0 atom stereocenters. The van der Waals surface area contributed by atoms with Crippen LogP contribution in [-0.4, -0.2) is 16.1 Å². The van der Waals surface area contributed by atoms with Crippen molar-refractivity contribution in [3.8, 4) is 11.1 Å². The second-order valence-corrected chi connectivity index (χ2v) is 4.34. The van der Waals surface area contributed by atoms with Gasteiger partial charge in [-0.3, -0.25) is 0 Å². The van der Waals surface area contributed by atoms with E-state index >= 15 is 0 Å². The van der Waals surface area contributed by atoms with Gasteiger partial charge in [0.25, 0.3) is 0 Å². The number of aryl methyl sites for hydroxylation is 2. The van der Waals surface area contributed by atoms with E-state index < -0.39 is 5.97 Å². The number of carboxylic acid groups (broad SMARTS) is 1. The molecule has 1 aromatic heterocycles. The Morgan fingerprint density at radius 1 is 1.17 bits per heavy atom. The highest BCUT2D eigenvalue weighted by Crippen LogP contribution is 2.26. The lowest BCUT2D eigenvalue weighted by molar-refractivity contribution is 0.0697. The Morgan fingerprint density at radius 3 is 2.33 bits per heavy atom. The number of rotatable bonds is 2. The SMILES string of the molecule is Cc1cc(C)cc(-c2cnc(N)cc2C(=O)O)c1. The summed E-state index contributed by atoms with van der Waals surface area (Å²) in [5.41, 5.74) is 9.30. The smallest absolute Gasteiger partial charge is 0.336 e. The van der Waals surface area contributed by atoms with E-state index in [-0.39, 0.29) is 11.4 Å². The van der Waals surface area contributed by atoms with E-state index in [1.54, 1.807) is 0 Å². The molecule has 18 heavy (non-hydrogen) atoms. The summed E-state index contributed by atoms with van der Waals surface area (Å²) in [5.74, 6) is -0.793. The van der Waals surface area contributed by atoms with Gasteiger partial charge in [-0.15, -0.1) is 0 Å². The van der Waals surface area contributed by atoms with Crippen molar-refractivity contribution in [2.75, 3.05) is 5.73 Å². The normalized spacial score (nSPS) is 10.3. The number of aromatic carboxylic acids is 1. The van der Waals surface area contributed by atoms with Crippen LogP contribution in [0.5, 0.6) is 0 Å². The third-order valence-corrected chi connectivity index (χ3v) is 2.69. The minimum Gasteiger partial charge on any atom is -0.478 e. The molecule has 0 saturated carbocycles. The fourth-order valence-corrected chi connectivity index (χ4v) is 2.01. The summed E-state index contributed by atoms with van der Waals surface area (Å²) in [5, 5.41) is 9.21. The fraction of sp³-hybridized carbons (Fsp3) is 0.143. The van der Waals surface area contributed by atoms with Gasteiger partial charge in [0, 0.05) is 11.8 Å². The lowest BCUT2D eigenvalue weighted by Crippen LogP contribution is -2.03. The van der Waals surface area contributed by atoms with Crippen molar-refractivity contribution in [2.24, 2.45) is 0 Å². The Balaban J connectivity index is 2.66. The van der Waals surface area contributed by atoms with Gasteiger partial charge >= 0.3 is 5.97 Å². The summed E-state index contributed by atoms with van der Waals surface area (Å²) in [6.07, 6.45) is 1.51. The van der Waals surface area contributed by atoms with Crippen LogP contribution in [0.3, 0.4) is 0 Å². The maximum absolute atomic E-state index is 11.2. The van der Waals surface area contributed by atoms with Crippen molar-refractivity contribution in [1.29, 1.82) is 0 Å². The van der Waals surface area contributed by atoms with Gasteiger partial charge in [-0.2, -0.15) is 0 Å². The number of benzene rings is 1. The minimum absolute atomic E-state index is 0.174. The first-order valence-corrected chi connectivity index (χ1v) is 5.55. The molecule has 1 aromatic carbocycles. The monoisotopic (exact) mass is 242 g/mol. The number of nitrogen functional groups attached to an aromatic ring is 1. The van der Waals surface area contributed by atoms with Gasteiger partial charge in [0.05, 0.1) is 5.56 Å². The highest BCUT2D eigenvalue weighted by Gasteiger charge is 2.13. The Hall–Kier alpha value is -2.36. The van der Waals surface area contributed by atoms with Gasteiger partial charge in [-0.25, -0.2) is 9.78 Å². The summed E-state index contributed by atoms with van der Waals surface area (Å²) in [7, 11) is 0.